The molecule has 0 atom stereocenters. The molecule has 1 N–H and O–H groups in total. The number of hydrogen-bond acceptors (Lipinski definition) is 5. The molecule has 0 bridgehead atoms. The number of ether oxygens (including phenoxy) is 1. The van der Waals surface area contributed by atoms with Crippen LogP contribution in [-0.4, -0.2) is 28.3 Å². The number of carbonyl (C=O) groups excluding carboxylic acids is 1. The monoisotopic (exact) mass is 235 g/mol. The number of aromatic nitrogens is 3. The van der Waals surface area contributed by atoms with Gasteiger partial charge in [0.25, 0.3) is 0 Å². The van der Waals surface area contributed by atoms with Crippen LogP contribution in [0.1, 0.15) is 33.2 Å². The number of hydrogen-bond donors (Lipinski definition) is 1. The lowest BCUT2D eigenvalue weighted by atomic mass is 10.1. The molecule has 0 saturated heterocycles. The van der Waals surface area contributed by atoms with Crippen molar-refractivity contribution < 1.29 is 13.9 Å². The van der Waals surface area contributed by atoms with Gasteiger partial charge in [0.15, 0.2) is 12.1 Å². The number of aromatic amines is 1. The van der Waals surface area contributed by atoms with Crippen molar-refractivity contribution in [2.24, 2.45) is 0 Å². The molecule has 2 aromatic heterocycles. The molecule has 0 spiro atoms. The van der Waals surface area contributed by atoms with E-state index in [1.807, 2.05) is 13.8 Å². The molecule has 6 nitrogen and oxygen atoms in total. The van der Waals surface area contributed by atoms with Crippen LogP contribution in [0, 0.1) is 13.8 Å². The Balaban J connectivity index is 2.31. The predicted octanol–water partition coefficient (Wildman–Crippen LogP) is 1.39. The highest BCUT2D eigenvalue weighted by molar-refractivity contribution is 5.88. The minimum atomic E-state index is -0.493. The fourth-order valence-corrected chi connectivity index (χ4v) is 1.65. The zero-order valence-corrected chi connectivity index (χ0v) is 9.90. The van der Waals surface area contributed by atoms with Gasteiger partial charge in [-0.2, -0.15) is 5.10 Å². The Hall–Kier alpha value is -2.11. The first-order chi connectivity index (χ1) is 8.13. The van der Waals surface area contributed by atoms with Gasteiger partial charge in [-0.05, 0) is 13.8 Å². The number of aryl methyl sites for hydroxylation is 2. The molecule has 0 fully saturated rings. The van der Waals surface area contributed by atoms with Crippen LogP contribution in [0.25, 0.3) is 0 Å². The molecule has 0 unspecified atom stereocenters. The maximum atomic E-state index is 11.4. The van der Waals surface area contributed by atoms with Crippen LogP contribution >= 0.6 is 0 Å². The van der Waals surface area contributed by atoms with Gasteiger partial charge in [-0.3, -0.25) is 5.10 Å². The molecule has 0 aliphatic carbocycles. The molecule has 0 saturated carbocycles. The van der Waals surface area contributed by atoms with Crippen molar-refractivity contribution in [2.45, 2.75) is 20.3 Å². The van der Waals surface area contributed by atoms with Crippen LogP contribution in [0.2, 0.25) is 0 Å². The van der Waals surface area contributed by atoms with E-state index in [1.165, 1.54) is 13.5 Å². The molecule has 6 heteroatoms. The molecule has 90 valence electrons. The molecule has 0 aromatic carbocycles. The Labute approximate surface area is 98.0 Å². The van der Waals surface area contributed by atoms with Crippen LogP contribution < -0.4 is 0 Å². The number of H-pyrrole nitrogens is 1. The van der Waals surface area contributed by atoms with Crippen molar-refractivity contribution in [1.29, 1.82) is 0 Å². The van der Waals surface area contributed by atoms with Crippen molar-refractivity contribution in [2.75, 3.05) is 7.11 Å². The standard InChI is InChI=1S/C11H13N3O3/c1-6-8(7(2)14-13-6)4-9-10(11(15)16-3)12-5-17-9/h5H,4H2,1-3H3,(H,13,14). The Morgan fingerprint density at radius 1 is 1.53 bits per heavy atom. The zero-order valence-electron chi connectivity index (χ0n) is 9.90. The molecular formula is C11H13N3O3. The maximum absolute atomic E-state index is 11.4. The van der Waals surface area contributed by atoms with Gasteiger partial charge < -0.3 is 9.15 Å². The van der Waals surface area contributed by atoms with Gasteiger partial charge in [0.1, 0.15) is 5.76 Å². The van der Waals surface area contributed by atoms with Gasteiger partial charge in [0, 0.05) is 17.7 Å². The molecule has 0 radical (unpaired) electrons. The second kappa shape index (κ2) is 4.40. The molecule has 0 aliphatic heterocycles. The summed E-state index contributed by atoms with van der Waals surface area (Å²) < 4.78 is 9.85. The summed E-state index contributed by atoms with van der Waals surface area (Å²) >= 11 is 0. The third-order valence-corrected chi connectivity index (χ3v) is 2.64. The number of nitrogens with one attached hydrogen (secondary N) is 1. The third kappa shape index (κ3) is 2.06. The number of carbonyl (C=O) groups is 1. The predicted molar refractivity (Wildman–Crippen MR) is 58.7 cm³/mol. The van der Waals surface area contributed by atoms with Crippen LogP contribution in [0.4, 0.5) is 0 Å². The van der Waals surface area contributed by atoms with E-state index in [1.54, 1.807) is 0 Å². The lowest BCUT2D eigenvalue weighted by Crippen LogP contribution is -2.05. The summed E-state index contributed by atoms with van der Waals surface area (Å²) in [4.78, 5) is 15.3. The smallest absolute Gasteiger partial charge is 0.360 e. The normalized spacial score (nSPS) is 10.5. The summed E-state index contributed by atoms with van der Waals surface area (Å²) in [6.07, 6.45) is 1.71. The Kier molecular flexibility index (Phi) is 2.95. The zero-order chi connectivity index (χ0) is 12.4. The van der Waals surface area contributed by atoms with Crippen molar-refractivity contribution in [3.8, 4) is 0 Å². The largest absolute Gasteiger partial charge is 0.464 e. The Morgan fingerprint density at radius 2 is 2.29 bits per heavy atom. The molecule has 2 heterocycles. The average Bonchev–Trinajstić information content (AvgIpc) is 2.90. The van der Waals surface area contributed by atoms with Gasteiger partial charge in [-0.15, -0.1) is 0 Å². The first-order valence-electron chi connectivity index (χ1n) is 5.14. The van der Waals surface area contributed by atoms with Crippen LogP contribution in [0.15, 0.2) is 10.8 Å². The summed E-state index contributed by atoms with van der Waals surface area (Å²) in [5.41, 5.74) is 3.06. The minimum absolute atomic E-state index is 0.215. The van der Waals surface area contributed by atoms with Crippen LogP contribution in [0.5, 0.6) is 0 Å². The van der Waals surface area contributed by atoms with E-state index in [9.17, 15) is 4.79 Å². The summed E-state index contributed by atoms with van der Waals surface area (Å²) in [7, 11) is 1.31. The summed E-state index contributed by atoms with van der Waals surface area (Å²) in [5.74, 6) is -0.00278. The SMILES string of the molecule is COC(=O)c1ncoc1Cc1c(C)n[nH]c1C. The van der Waals surface area contributed by atoms with E-state index < -0.39 is 5.97 Å². The number of oxazole rings is 1. The third-order valence-electron chi connectivity index (χ3n) is 2.64. The number of methoxy groups -OCH3 is 1. The van der Waals surface area contributed by atoms with Crippen LogP contribution in [-0.2, 0) is 11.2 Å². The highest BCUT2D eigenvalue weighted by Gasteiger charge is 2.19. The molecular weight excluding hydrogens is 222 g/mol. The highest BCUT2D eigenvalue weighted by Crippen LogP contribution is 2.18. The molecule has 17 heavy (non-hydrogen) atoms. The van der Waals surface area contributed by atoms with Crippen molar-refractivity contribution >= 4 is 5.97 Å². The first-order valence-corrected chi connectivity index (χ1v) is 5.14. The van der Waals surface area contributed by atoms with Crippen molar-refractivity contribution in [3.05, 3.63) is 34.8 Å². The highest BCUT2D eigenvalue weighted by atomic mass is 16.5. The fraction of sp³-hybridized carbons (Fsp3) is 0.364. The first kappa shape index (κ1) is 11.4. The topological polar surface area (TPSA) is 81.0 Å². The Bertz CT molecular complexity index is 522. The second-order valence-electron chi connectivity index (χ2n) is 3.71. The molecule has 0 amide bonds. The average molecular weight is 235 g/mol. The van der Waals surface area contributed by atoms with E-state index in [4.69, 9.17) is 4.42 Å². The van der Waals surface area contributed by atoms with Crippen LogP contribution in [0.3, 0.4) is 0 Å². The van der Waals surface area contributed by atoms with E-state index in [0.29, 0.717) is 12.2 Å². The van der Waals surface area contributed by atoms with Gasteiger partial charge in [0.2, 0.25) is 0 Å². The van der Waals surface area contributed by atoms with Gasteiger partial charge in [-0.1, -0.05) is 0 Å². The summed E-state index contributed by atoms with van der Waals surface area (Å²) in [6.45, 7) is 3.82. The van der Waals surface area contributed by atoms with E-state index in [0.717, 1.165) is 17.0 Å². The second-order valence-corrected chi connectivity index (χ2v) is 3.71. The van der Waals surface area contributed by atoms with E-state index in [-0.39, 0.29) is 5.69 Å². The fourth-order valence-electron chi connectivity index (χ4n) is 1.65. The maximum Gasteiger partial charge on any atom is 0.360 e. The number of rotatable bonds is 3. The summed E-state index contributed by atoms with van der Waals surface area (Å²) in [6, 6.07) is 0. The molecule has 0 aliphatic rings. The van der Waals surface area contributed by atoms with Gasteiger partial charge in [-0.25, -0.2) is 9.78 Å². The van der Waals surface area contributed by atoms with Crippen molar-refractivity contribution in [1.82, 2.24) is 15.2 Å². The molecule has 2 rings (SSSR count). The number of esters is 1. The van der Waals surface area contributed by atoms with Crippen molar-refractivity contribution in [3.63, 3.8) is 0 Å². The molecule has 2 aromatic rings. The lowest BCUT2D eigenvalue weighted by molar-refractivity contribution is 0.0592. The van der Waals surface area contributed by atoms with E-state index in [2.05, 4.69) is 19.9 Å². The lowest BCUT2D eigenvalue weighted by Gasteiger charge is -2.00. The van der Waals surface area contributed by atoms with E-state index >= 15 is 0 Å². The van der Waals surface area contributed by atoms with Gasteiger partial charge in [0.05, 0.1) is 12.8 Å². The minimum Gasteiger partial charge on any atom is -0.464 e. The van der Waals surface area contributed by atoms with Gasteiger partial charge >= 0.3 is 5.97 Å². The summed E-state index contributed by atoms with van der Waals surface area (Å²) in [5, 5.41) is 6.97. The number of nitrogens with zero attached hydrogens (tertiary/aromatic N) is 2. The Morgan fingerprint density at radius 3 is 2.88 bits per heavy atom. The quantitative estimate of drug-likeness (QED) is 0.813.